The van der Waals surface area contributed by atoms with Gasteiger partial charge in [-0.3, -0.25) is 0 Å². The molecular formula is C19H19FN2O5S. The number of morpholine rings is 1. The molecule has 0 bridgehead atoms. The summed E-state index contributed by atoms with van der Waals surface area (Å²) in [6, 6.07) is 7.90. The third-order valence-corrected chi connectivity index (χ3v) is 6.06. The fourth-order valence-electron chi connectivity index (χ4n) is 3.25. The molecule has 148 valence electrons. The second-order valence-corrected chi connectivity index (χ2v) is 8.59. The van der Waals surface area contributed by atoms with Crippen LogP contribution in [0.15, 0.2) is 61.4 Å². The van der Waals surface area contributed by atoms with Gasteiger partial charge in [-0.15, -0.1) is 0 Å². The maximum Gasteiger partial charge on any atom is 0.266 e. The van der Waals surface area contributed by atoms with Crippen molar-refractivity contribution in [3.05, 3.63) is 48.5 Å². The van der Waals surface area contributed by atoms with Crippen LogP contribution in [0.1, 0.15) is 13.8 Å². The number of anilines is 1. The van der Waals surface area contributed by atoms with Crippen LogP contribution in [0, 0.1) is 5.82 Å². The summed E-state index contributed by atoms with van der Waals surface area (Å²) in [4.78, 5) is 5.96. The maximum atomic E-state index is 13.3. The van der Waals surface area contributed by atoms with Crippen molar-refractivity contribution < 1.29 is 26.4 Å². The molecule has 4 rings (SSSR count). The van der Waals surface area contributed by atoms with Crippen LogP contribution >= 0.6 is 0 Å². The molecule has 0 spiro atoms. The number of halogens is 1. The summed E-state index contributed by atoms with van der Waals surface area (Å²) in [7, 11) is -4.04. The Labute approximate surface area is 161 Å². The van der Waals surface area contributed by atoms with Gasteiger partial charge in [0.15, 0.2) is 5.76 Å². The lowest BCUT2D eigenvalue weighted by Gasteiger charge is -2.35. The molecule has 3 aromatic rings. The number of nitrogens with zero attached hydrogens (tertiary/aromatic N) is 2. The van der Waals surface area contributed by atoms with E-state index in [0.717, 1.165) is 12.1 Å². The minimum absolute atomic E-state index is 0.0625. The van der Waals surface area contributed by atoms with E-state index in [1.807, 2.05) is 13.8 Å². The zero-order valence-electron chi connectivity index (χ0n) is 15.3. The third-order valence-electron chi connectivity index (χ3n) is 4.40. The van der Waals surface area contributed by atoms with Crippen LogP contribution in [0.4, 0.5) is 10.3 Å². The Kier molecular flexibility index (Phi) is 4.72. The fraction of sp³-hybridized carbons (Fsp3) is 0.316. The molecule has 1 aromatic carbocycles. The lowest BCUT2D eigenvalue weighted by atomic mass is 10.2. The van der Waals surface area contributed by atoms with Crippen LogP contribution in [0.25, 0.3) is 11.7 Å². The van der Waals surface area contributed by atoms with Crippen molar-refractivity contribution in [2.45, 2.75) is 36.0 Å². The van der Waals surface area contributed by atoms with Crippen molar-refractivity contribution >= 4 is 15.7 Å². The number of aromatic nitrogens is 1. The molecule has 0 radical (unpaired) electrons. The Morgan fingerprint density at radius 2 is 1.79 bits per heavy atom. The summed E-state index contributed by atoms with van der Waals surface area (Å²) in [6.45, 7) is 4.70. The van der Waals surface area contributed by atoms with Crippen LogP contribution in [0.2, 0.25) is 0 Å². The lowest BCUT2D eigenvalue weighted by Crippen LogP contribution is -2.45. The number of rotatable bonds is 4. The molecule has 2 atom stereocenters. The smallest absolute Gasteiger partial charge is 0.266 e. The molecule has 0 N–H and O–H groups in total. The Hall–Kier alpha value is -2.65. The minimum Gasteiger partial charge on any atom is -0.459 e. The van der Waals surface area contributed by atoms with Gasteiger partial charge in [0.25, 0.3) is 5.89 Å². The Bertz CT molecular complexity index is 1050. The van der Waals surface area contributed by atoms with Crippen molar-refractivity contribution in [1.29, 1.82) is 0 Å². The monoisotopic (exact) mass is 406 g/mol. The first-order chi connectivity index (χ1) is 13.3. The maximum absolute atomic E-state index is 13.3. The second kappa shape index (κ2) is 7.06. The van der Waals surface area contributed by atoms with Crippen LogP contribution in [-0.4, -0.2) is 38.7 Å². The summed E-state index contributed by atoms with van der Waals surface area (Å²) in [6.07, 6.45) is 1.23. The number of furan rings is 1. The van der Waals surface area contributed by atoms with E-state index in [1.54, 1.807) is 17.0 Å². The molecule has 7 nitrogen and oxygen atoms in total. The van der Waals surface area contributed by atoms with Crippen LogP contribution in [0.3, 0.4) is 0 Å². The summed E-state index contributed by atoms with van der Waals surface area (Å²) < 4.78 is 56.6. The molecule has 0 saturated carbocycles. The highest BCUT2D eigenvalue weighted by atomic mass is 32.2. The van der Waals surface area contributed by atoms with E-state index in [2.05, 4.69) is 4.98 Å². The predicted molar refractivity (Wildman–Crippen MR) is 98.3 cm³/mol. The first-order valence-corrected chi connectivity index (χ1v) is 10.3. The van der Waals surface area contributed by atoms with E-state index in [4.69, 9.17) is 13.6 Å². The van der Waals surface area contributed by atoms with Gasteiger partial charge in [-0.2, -0.15) is 4.98 Å². The predicted octanol–water partition coefficient (Wildman–Crippen LogP) is 3.52. The number of sulfone groups is 1. The van der Waals surface area contributed by atoms with Gasteiger partial charge in [-0.25, -0.2) is 12.8 Å². The molecule has 0 unspecified atom stereocenters. The average molecular weight is 406 g/mol. The minimum atomic E-state index is -4.04. The SMILES string of the molecule is C[C@@H]1CN(c2oc(-c3ccco3)nc2S(=O)(=O)c2ccc(F)cc2)C[C@@H](C)O1. The molecule has 1 fully saturated rings. The largest absolute Gasteiger partial charge is 0.459 e. The Morgan fingerprint density at radius 1 is 1.11 bits per heavy atom. The van der Waals surface area contributed by atoms with Gasteiger partial charge in [-0.05, 0) is 50.2 Å². The molecule has 0 amide bonds. The molecule has 1 aliphatic heterocycles. The zero-order chi connectivity index (χ0) is 19.9. The van der Waals surface area contributed by atoms with Crippen molar-refractivity contribution in [3.63, 3.8) is 0 Å². The molecule has 9 heteroatoms. The lowest BCUT2D eigenvalue weighted by molar-refractivity contribution is -0.00657. The van der Waals surface area contributed by atoms with Crippen molar-refractivity contribution in [2.24, 2.45) is 0 Å². The summed E-state index contributed by atoms with van der Waals surface area (Å²) in [5.41, 5.74) is 0. The van der Waals surface area contributed by atoms with Crippen molar-refractivity contribution in [2.75, 3.05) is 18.0 Å². The van der Waals surface area contributed by atoms with Gasteiger partial charge in [0.05, 0.1) is 23.4 Å². The highest BCUT2D eigenvalue weighted by Crippen LogP contribution is 2.36. The summed E-state index contributed by atoms with van der Waals surface area (Å²) >= 11 is 0. The normalized spacial score (nSPS) is 20.5. The Balaban J connectivity index is 1.84. The van der Waals surface area contributed by atoms with Gasteiger partial charge in [0.1, 0.15) is 5.82 Å². The van der Waals surface area contributed by atoms with Gasteiger partial charge in [-0.1, -0.05) is 0 Å². The zero-order valence-corrected chi connectivity index (χ0v) is 16.1. The molecule has 3 heterocycles. The van der Waals surface area contributed by atoms with Crippen LogP contribution in [0.5, 0.6) is 0 Å². The van der Waals surface area contributed by atoms with Crippen molar-refractivity contribution in [3.8, 4) is 11.7 Å². The molecule has 1 aliphatic rings. The van der Waals surface area contributed by atoms with Gasteiger partial charge in [0.2, 0.25) is 20.7 Å². The number of oxazole rings is 1. The Morgan fingerprint density at radius 3 is 2.39 bits per heavy atom. The number of hydrogen-bond acceptors (Lipinski definition) is 7. The molecule has 0 aliphatic carbocycles. The quantitative estimate of drug-likeness (QED) is 0.613. The van der Waals surface area contributed by atoms with E-state index in [1.165, 1.54) is 18.4 Å². The van der Waals surface area contributed by atoms with Gasteiger partial charge >= 0.3 is 0 Å². The van der Waals surface area contributed by atoms with Crippen LogP contribution < -0.4 is 4.90 Å². The summed E-state index contributed by atoms with van der Waals surface area (Å²) in [5, 5.41) is -0.230. The number of ether oxygens (including phenoxy) is 1. The van der Waals surface area contributed by atoms with E-state index in [9.17, 15) is 12.8 Å². The second-order valence-electron chi connectivity index (χ2n) is 6.73. The molecular weight excluding hydrogens is 387 g/mol. The highest BCUT2D eigenvalue weighted by molar-refractivity contribution is 7.91. The van der Waals surface area contributed by atoms with E-state index in [0.29, 0.717) is 18.8 Å². The number of hydrogen-bond donors (Lipinski definition) is 0. The van der Waals surface area contributed by atoms with E-state index in [-0.39, 0.29) is 33.9 Å². The third kappa shape index (κ3) is 3.43. The topological polar surface area (TPSA) is 85.8 Å². The first kappa shape index (κ1) is 18.7. The van der Waals surface area contributed by atoms with Crippen molar-refractivity contribution in [1.82, 2.24) is 4.98 Å². The summed E-state index contributed by atoms with van der Waals surface area (Å²) in [5.74, 6) is -0.0206. The van der Waals surface area contributed by atoms with Crippen LogP contribution in [-0.2, 0) is 14.6 Å². The fourth-order valence-corrected chi connectivity index (χ4v) is 4.57. The van der Waals surface area contributed by atoms with Gasteiger partial charge < -0.3 is 18.5 Å². The standard InChI is InChI=1S/C19H19FN2O5S/c1-12-10-22(11-13(2)26-12)19-18(21-17(27-19)16-4-3-9-25-16)28(23,24)15-7-5-14(20)6-8-15/h3-9,12-13H,10-11H2,1-2H3/t12-,13-/m1/s1. The first-order valence-electron chi connectivity index (χ1n) is 8.80. The highest BCUT2D eigenvalue weighted by Gasteiger charge is 2.34. The molecule has 2 aromatic heterocycles. The van der Waals surface area contributed by atoms with E-state index < -0.39 is 15.7 Å². The molecule has 28 heavy (non-hydrogen) atoms. The van der Waals surface area contributed by atoms with Gasteiger partial charge in [0, 0.05) is 13.1 Å². The average Bonchev–Trinajstić information content (AvgIpc) is 3.31. The molecule has 1 saturated heterocycles. The number of benzene rings is 1. The van der Waals surface area contributed by atoms with E-state index >= 15 is 0 Å².